The van der Waals surface area contributed by atoms with Crippen LogP contribution in [-0.2, 0) is 0 Å². The summed E-state index contributed by atoms with van der Waals surface area (Å²) in [7, 11) is 0. The van der Waals surface area contributed by atoms with E-state index in [4.69, 9.17) is 11.5 Å². The molecular formula is C26H22N2O2. The van der Waals surface area contributed by atoms with Crippen LogP contribution in [-0.4, -0.2) is 11.6 Å². The largest absolute Gasteiger partial charge is 0.398 e. The third kappa shape index (κ3) is 3.12. The summed E-state index contributed by atoms with van der Waals surface area (Å²) in [4.78, 5) is 26.8. The van der Waals surface area contributed by atoms with Gasteiger partial charge in [0.15, 0.2) is 11.6 Å². The van der Waals surface area contributed by atoms with E-state index in [0.29, 0.717) is 33.6 Å². The number of fused-ring (bicyclic) bond motifs is 1. The third-order valence-corrected chi connectivity index (χ3v) is 5.48. The van der Waals surface area contributed by atoms with Gasteiger partial charge in [0.1, 0.15) is 0 Å². The van der Waals surface area contributed by atoms with Crippen LogP contribution in [0.5, 0.6) is 0 Å². The molecule has 0 amide bonds. The van der Waals surface area contributed by atoms with Gasteiger partial charge in [0.05, 0.1) is 0 Å². The van der Waals surface area contributed by atoms with Gasteiger partial charge in [-0.05, 0) is 60.0 Å². The van der Waals surface area contributed by atoms with Crippen molar-refractivity contribution in [3.8, 4) is 0 Å². The number of nitrogens with two attached hydrogens (primary N) is 2. The molecule has 0 bridgehead atoms. The van der Waals surface area contributed by atoms with Gasteiger partial charge >= 0.3 is 0 Å². The summed E-state index contributed by atoms with van der Waals surface area (Å²) in [5, 5.41) is 1.46. The highest BCUT2D eigenvalue weighted by atomic mass is 16.1. The number of para-hydroxylation sites is 2. The summed E-state index contributed by atoms with van der Waals surface area (Å²) in [6, 6.07) is 21.6. The zero-order chi connectivity index (χ0) is 21.4. The fourth-order valence-corrected chi connectivity index (χ4v) is 3.90. The zero-order valence-electron chi connectivity index (χ0n) is 16.9. The molecule has 0 unspecified atom stereocenters. The van der Waals surface area contributed by atoms with E-state index >= 15 is 0 Å². The maximum atomic E-state index is 13.4. The second-order valence-corrected chi connectivity index (χ2v) is 7.44. The van der Waals surface area contributed by atoms with E-state index in [1.165, 1.54) is 0 Å². The molecule has 4 aromatic carbocycles. The smallest absolute Gasteiger partial charge is 0.195 e. The molecule has 4 rings (SSSR count). The minimum absolute atomic E-state index is 0.155. The second kappa shape index (κ2) is 7.48. The Morgan fingerprint density at radius 3 is 1.30 bits per heavy atom. The quantitative estimate of drug-likeness (QED) is 0.373. The minimum atomic E-state index is -0.155. The summed E-state index contributed by atoms with van der Waals surface area (Å²) in [6.07, 6.45) is 0. The average Bonchev–Trinajstić information content (AvgIpc) is 2.73. The molecule has 0 aliphatic carbocycles. The fraction of sp³-hybridized carbons (Fsp3) is 0.0769. The molecule has 0 saturated heterocycles. The van der Waals surface area contributed by atoms with Crippen LogP contribution >= 0.6 is 0 Å². The number of nitrogen functional groups attached to an aromatic ring is 2. The number of carbonyl (C=O) groups is 2. The second-order valence-electron chi connectivity index (χ2n) is 7.44. The van der Waals surface area contributed by atoms with E-state index in [-0.39, 0.29) is 11.6 Å². The Kier molecular flexibility index (Phi) is 4.84. The molecule has 0 atom stereocenters. The Labute approximate surface area is 175 Å². The lowest BCUT2D eigenvalue weighted by Crippen LogP contribution is -2.11. The van der Waals surface area contributed by atoms with Crippen LogP contribution in [0.25, 0.3) is 10.8 Å². The molecule has 30 heavy (non-hydrogen) atoms. The predicted octanol–water partition coefficient (Wildman–Crippen LogP) is 5.08. The predicted molar refractivity (Wildman–Crippen MR) is 122 cm³/mol. The van der Waals surface area contributed by atoms with Gasteiger partial charge < -0.3 is 11.5 Å². The van der Waals surface area contributed by atoms with Crippen LogP contribution in [0.1, 0.15) is 43.0 Å². The molecule has 4 nitrogen and oxygen atoms in total. The van der Waals surface area contributed by atoms with E-state index in [0.717, 1.165) is 21.9 Å². The Balaban J connectivity index is 1.98. The van der Waals surface area contributed by atoms with E-state index in [1.807, 2.05) is 38.1 Å². The number of aryl methyl sites for hydroxylation is 2. The molecule has 0 aromatic heterocycles. The first-order valence-corrected chi connectivity index (χ1v) is 9.71. The Hall–Kier alpha value is -3.92. The SMILES string of the molecule is Cc1ccc2c(C(=O)c3ccccc3N)c(C)ccc2c1C(=O)c1ccccc1N. The van der Waals surface area contributed by atoms with Crippen molar-refractivity contribution in [1.82, 2.24) is 0 Å². The number of hydrogen-bond acceptors (Lipinski definition) is 4. The summed E-state index contributed by atoms with van der Waals surface area (Å²) in [5.41, 5.74) is 16.7. The molecule has 0 fully saturated rings. The average molecular weight is 394 g/mol. The summed E-state index contributed by atoms with van der Waals surface area (Å²) in [5.74, 6) is -0.310. The number of anilines is 2. The normalized spacial score (nSPS) is 10.9. The first-order valence-electron chi connectivity index (χ1n) is 9.71. The van der Waals surface area contributed by atoms with Crippen LogP contribution in [0.2, 0.25) is 0 Å². The van der Waals surface area contributed by atoms with Crippen LogP contribution < -0.4 is 11.5 Å². The van der Waals surface area contributed by atoms with Gasteiger partial charge in [0.25, 0.3) is 0 Å². The highest BCUT2D eigenvalue weighted by Crippen LogP contribution is 2.32. The van der Waals surface area contributed by atoms with Crippen molar-refractivity contribution < 1.29 is 9.59 Å². The van der Waals surface area contributed by atoms with Crippen molar-refractivity contribution in [3.05, 3.63) is 106 Å². The summed E-state index contributed by atoms with van der Waals surface area (Å²) < 4.78 is 0. The van der Waals surface area contributed by atoms with E-state index in [1.54, 1.807) is 48.5 Å². The van der Waals surface area contributed by atoms with E-state index in [9.17, 15) is 9.59 Å². The number of hydrogen-bond donors (Lipinski definition) is 2. The molecule has 0 spiro atoms. The Bertz CT molecular complexity index is 1220. The number of ketones is 2. The lowest BCUT2D eigenvalue weighted by molar-refractivity contribution is 0.103. The van der Waals surface area contributed by atoms with Crippen molar-refractivity contribution in [2.75, 3.05) is 11.5 Å². The van der Waals surface area contributed by atoms with Gasteiger partial charge in [0, 0.05) is 33.6 Å². The van der Waals surface area contributed by atoms with Crippen LogP contribution in [0.3, 0.4) is 0 Å². The molecule has 4 N–H and O–H groups in total. The minimum Gasteiger partial charge on any atom is -0.398 e. The number of benzene rings is 4. The molecule has 0 radical (unpaired) electrons. The maximum absolute atomic E-state index is 13.4. The monoisotopic (exact) mass is 394 g/mol. The van der Waals surface area contributed by atoms with Crippen molar-refractivity contribution in [3.63, 3.8) is 0 Å². The van der Waals surface area contributed by atoms with E-state index in [2.05, 4.69) is 0 Å². The molecule has 4 aromatic rings. The highest BCUT2D eigenvalue weighted by Gasteiger charge is 2.22. The number of rotatable bonds is 4. The standard InChI is InChI=1S/C26H22N2O2/c1-15-11-13-18-17(23(15)25(29)19-7-3-5-9-21(19)27)14-12-16(2)24(18)26(30)20-8-4-6-10-22(20)28/h3-14H,27-28H2,1-2H3. The zero-order valence-corrected chi connectivity index (χ0v) is 16.9. The van der Waals surface area contributed by atoms with Crippen molar-refractivity contribution in [2.45, 2.75) is 13.8 Å². The lowest BCUT2D eigenvalue weighted by atomic mass is 9.87. The molecule has 0 heterocycles. The van der Waals surface area contributed by atoms with Crippen LogP contribution in [0, 0.1) is 13.8 Å². The van der Waals surface area contributed by atoms with Crippen molar-refractivity contribution in [1.29, 1.82) is 0 Å². The first-order chi connectivity index (χ1) is 14.4. The number of carbonyl (C=O) groups excluding carboxylic acids is 2. The van der Waals surface area contributed by atoms with Crippen molar-refractivity contribution >= 4 is 33.7 Å². The third-order valence-electron chi connectivity index (χ3n) is 5.48. The molecule has 148 valence electrons. The van der Waals surface area contributed by atoms with Gasteiger partial charge in [-0.3, -0.25) is 9.59 Å². The fourth-order valence-electron chi connectivity index (χ4n) is 3.90. The molecular weight excluding hydrogens is 372 g/mol. The van der Waals surface area contributed by atoms with Gasteiger partial charge in [-0.15, -0.1) is 0 Å². The lowest BCUT2D eigenvalue weighted by Gasteiger charge is -2.15. The summed E-state index contributed by atoms with van der Waals surface area (Å²) in [6.45, 7) is 3.78. The Morgan fingerprint density at radius 1 is 0.567 bits per heavy atom. The Morgan fingerprint density at radius 2 is 0.933 bits per heavy atom. The van der Waals surface area contributed by atoms with Gasteiger partial charge in [-0.2, -0.15) is 0 Å². The summed E-state index contributed by atoms with van der Waals surface area (Å²) >= 11 is 0. The molecule has 0 saturated carbocycles. The topological polar surface area (TPSA) is 86.2 Å². The molecule has 4 heteroatoms. The van der Waals surface area contributed by atoms with Crippen molar-refractivity contribution in [2.24, 2.45) is 0 Å². The molecule has 0 aliphatic rings. The van der Waals surface area contributed by atoms with E-state index < -0.39 is 0 Å². The molecule has 0 aliphatic heterocycles. The van der Waals surface area contributed by atoms with Gasteiger partial charge in [-0.1, -0.05) is 48.5 Å². The van der Waals surface area contributed by atoms with Crippen LogP contribution in [0.15, 0.2) is 72.8 Å². The highest BCUT2D eigenvalue weighted by molar-refractivity contribution is 6.24. The maximum Gasteiger partial charge on any atom is 0.195 e. The van der Waals surface area contributed by atoms with Gasteiger partial charge in [-0.25, -0.2) is 0 Å². The first kappa shape index (κ1) is 19.4. The van der Waals surface area contributed by atoms with Crippen LogP contribution in [0.4, 0.5) is 11.4 Å². The van der Waals surface area contributed by atoms with Gasteiger partial charge in [0.2, 0.25) is 0 Å².